The number of hydrogen-bond donors (Lipinski definition) is 1. The van der Waals surface area contributed by atoms with Crippen LogP contribution in [-0.4, -0.2) is 79.0 Å². The van der Waals surface area contributed by atoms with E-state index in [0.717, 1.165) is 43.7 Å². The lowest BCUT2D eigenvalue weighted by Crippen LogP contribution is -2.48. The normalized spacial score (nSPS) is 21.5. The van der Waals surface area contributed by atoms with Crippen LogP contribution in [0.5, 0.6) is 11.5 Å². The van der Waals surface area contributed by atoms with Gasteiger partial charge in [-0.05, 0) is 49.1 Å². The Labute approximate surface area is 206 Å². The van der Waals surface area contributed by atoms with Gasteiger partial charge in [-0.2, -0.15) is 0 Å². The van der Waals surface area contributed by atoms with Crippen molar-refractivity contribution in [3.63, 3.8) is 0 Å². The van der Waals surface area contributed by atoms with Gasteiger partial charge >= 0.3 is 0 Å². The van der Waals surface area contributed by atoms with Crippen LogP contribution in [0.2, 0.25) is 0 Å². The first kappa shape index (κ1) is 25.4. The summed E-state index contributed by atoms with van der Waals surface area (Å²) >= 11 is 0. The molecule has 2 aromatic carbocycles. The van der Waals surface area contributed by atoms with E-state index in [9.17, 15) is 14.3 Å². The zero-order valence-electron chi connectivity index (χ0n) is 20.2. The molecule has 2 aliphatic heterocycles. The number of carbonyl (C=O) groups is 1. The van der Waals surface area contributed by atoms with E-state index in [2.05, 4.69) is 4.90 Å². The molecule has 2 saturated heterocycles. The second kappa shape index (κ2) is 12.3. The fourth-order valence-electron chi connectivity index (χ4n) is 4.49. The molecule has 2 fully saturated rings. The summed E-state index contributed by atoms with van der Waals surface area (Å²) in [6.07, 6.45) is 3.58. The number of likely N-dealkylation sites (tertiary alicyclic amines) is 1. The van der Waals surface area contributed by atoms with E-state index in [-0.39, 0.29) is 24.9 Å². The number of ether oxygens (including phenoxy) is 3. The van der Waals surface area contributed by atoms with Gasteiger partial charge in [-0.1, -0.05) is 18.2 Å². The van der Waals surface area contributed by atoms with E-state index >= 15 is 0 Å². The highest BCUT2D eigenvalue weighted by molar-refractivity contribution is 5.76. The molecular formula is C27H35FN2O5. The van der Waals surface area contributed by atoms with E-state index in [1.807, 2.05) is 29.2 Å². The summed E-state index contributed by atoms with van der Waals surface area (Å²) in [5, 5.41) is 11.1. The molecule has 2 aromatic rings. The maximum atomic E-state index is 13.4. The highest BCUT2D eigenvalue weighted by Gasteiger charge is 2.33. The lowest BCUT2D eigenvalue weighted by atomic mass is 10.1. The molecule has 0 spiro atoms. The minimum Gasteiger partial charge on any atom is -0.494 e. The average Bonchev–Trinajstić information content (AvgIpc) is 3.04. The molecule has 0 bridgehead atoms. The number of β-amino-alcohol motifs (C(OH)–C–C–N with tert-alkyl or cyclic N) is 1. The monoisotopic (exact) mass is 486 g/mol. The molecule has 0 aromatic heterocycles. The predicted octanol–water partition coefficient (Wildman–Crippen LogP) is 3.25. The van der Waals surface area contributed by atoms with Crippen molar-refractivity contribution in [3.05, 3.63) is 59.9 Å². The van der Waals surface area contributed by atoms with Gasteiger partial charge in [0.25, 0.3) is 0 Å². The number of aliphatic hydroxyl groups is 1. The van der Waals surface area contributed by atoms with E-state index in [1.54, 1.807) is 12.1 Å². The summed E-state index contributed by atoms with van der Waals surface area (Å²) in [6.45, 7) is 4.61. The first-order valence-electron chi connectivity index (χ1n) is 12.4. The van der Waals surface area contributed by atoms with Crippen molar-refractivity contribution in [2.75, 3.05) is 52.6 Å². The molecule has 0 unspecified atom stereocenters. The Morgan fingerprint density at radius 3 is 2.71 bits per heavy atom. The molecule has 2 heterocycles. The van der Waals surface area contributed by atoms with Gasteiger partial charge < -0.3 is 24.2 Å². The number of nitrogens with zero attached hydrogens (tertiary/aromatic N) is 2. The van der Waals surface area contributed by atoms with Crippen LogP contribution in [-0.2, 0) is 16.1 Å². The van der Waals surface area contributed by atoms with Crippen LogP contribution >= 0.6 is 0 Å². The number of piperidine rings is 1. The summed E-state index contributed by atoms with van der Waals surface area (Å²) in [7, 11) is 0. The Bertz CT molecular complexity index is 957. The number of halogens is 1. The largest absolute Gasteiger partial charge is 0.494 e. The van der Waals surface area contributed by atoms with Gasteiger partial charge in [-0.3, -0.25) is 9.69 Å². The van der Waals surface area contributed by atoms with Crippen LogP contribution in [0.25, 0.3) is 0 Å². The molecular weight excluding hydrogens is 451 g/mol. The van der Waals surface area contributed by atoms with Crippen LogP contribution in [0, 0.1) is 5.82 Å². The van der Waals surface area contributed by atoms with Gasteiger partial charge in [0.2, 0.25) is 5.91 Å². The van der Waals surface area contributed by atoms with Crippen molar-refractivity contribution in [2.24, 2.45) is 0 Å². The third-order valence-electron chi connectivity index (χ3n) is 6.34. The minimum atomic E-state index is -1.19. The van der Waals surface area contributed by atoms with Gasteiger partial charge in [-0.15, -0.1) is 0 Å². The summed E-state index contributed by atoms with van der Waals surface area (Å²) in [6, 6.07) is 13.9. The third kappa shape index (κ3) is 7.92. The molecule has 4 rings (SSSR count). The molecule has 190 valence electrons. The van der Waals surface area contributed by atoms with Crippen molar-refractivity contribution in [3.8, 4) is 11.5 Å². The van der Waals surface area contributed by atoms with E-state index in [4.69, 9.17) is 14.2 Å². The van der Waals surface area contributed by atoms with Gasteiger partial charge in [0.1, 0.15) is 29.5 Å². The molecule has 1 amide bonds. The summed E-state index contributed by atoms with van der Waals surface area (Å²) in [4.78, 5) is 15.9. The number of carbonyl (C=O) groups excluding carboxylic acids is 1. The molecule has 0 saturated carbocycles. The van der Waals surface area contributed by atoms with Crippen molar-refractivity contribution >= 4 is 5.91 Å². The quantitative estimate of drug-likeness (QED) is 0.520. The Morgan fingerprint density at radius 1 is 1.06 bits per heavy atom. The van der Waals surface area contributed by atoms with Crippen molar-refractivity contribution in [2.45, 2.75) is 37.8 Å². The van der Waals surface area contributed by atoms with E-state index in [1.165, 1.54) is 12.1 Å². The first-order valence-corrected chi connectivity index (χ1v) is 12.4. The van der Waals surface area contributed by atoms with Gasteiger partial charge in [0.05, 0.1) is 19.8 Å². The van der Waals surface area contributed by atoms with Gasteiger partial charge in [-0.25, -0.2) is 4.39 Å². The van der Waals surface area contributed by atoms with Gasteiger partial charge in [0, 0.05) is 45.2 Å². The molecule has 1 N–H and O–H groups in total. The lowest BCUT2D eigenvalue weighted by molar-refractivity contribution is -0.133. The molecule has 35 heavy (non-hydrogen) atoms. The average molecular weight is 487 g/mol. The Balaban J connectivity index is 1.22. The lowest BCUT2D eigenvalue weighted by Gasteiger charge is -2.30. The smallest absolute Gasteiger partial charge is 0.222 e. The molecule has 0 radical (unpaired) electrons. The molecule has 1 atom stereocenters. The molecule has 8 heteroatoms. The Morgan fingerprint density at radius 2 is 1.91 bits per heavy atom. The van der Waals surface area contributed by atoms with E-state index in [0.29, 0.717) is 45.0 Å². The first-order chi connectivity index (χ1) is 17.0. The fraction of sp³-hybridized carbons (Fsp3) is 0.519. The second-order valence-corrected chi connectivity index (χ2v) is 9.42. The zero-order chi connectivity index (χ0) is 24.5. The molecule has 0 aliphatic carbocycles. The van der Waals surface area contributed by atoms with Crippen LogP contribution in [0.1, 0.15) is 31.2 Å². The number of rotatable bonds is 10. The molecule has 2 aliphatic rings. The molecule has 7 nitrogen and oxygen atoms in total. The number of amides is 1. The van der Waals surface area contributed by atoms with Crippen LogP contribution < -0.4 is 9.47 Å². The topological polar surface area (TPSA) is 71.5 Å². The summed E-state index contributed by atoms with van der Waals surface area (Å²) < 4.78 is 30.5. The van der Waals surface area contributed by atoms with Crippen LogP contribution in [0.15, 0.2) is 48.5 Å². The van der Waals surface area contributed by atoms with Gasteiger partial charge in [0.15, 0.2) is 0 Å². The highest BCUT2D eigenvalue weighted by Crippen LogP contribution is 2.20. The van der Waals surface area contributed by atoms with Crippen molar-refractivity contribution < 1.29 is 28.5 Å². The SMILES string of the molecule is O=C1CCCCN1CCCOc1ccc(CN2CCOC[C@@](O)(COc3cccc(F)c3)C2)cc1. The number of benzene rings is 2. The van der Waals surface area contributed by atoms with Crippen molar-refractivity contribution in [1.82, 2.24) is 9.80 Å². The summed E-state index contributed by atoms with van der Waals surface area (Å²) in [5.41, 5.74) is -0.0895. The van der Waals surface area contributed by atoms with Crippen molar-refractivity contribution in [1.29, 1.82) is 0 Å². The second-order valence-electron chi connectivity index (χ2n) is 9.42. The maximum absolute atomic E-state index is 13.4. The zero-order valence-corrected chi connectivity index (χ0v) is 20.2. The number of hydrogen-bond acceptors (Lipinski definition) is 6. The van der Waals surface area contributed by atoms with Crippen LogP contribution in [0.4, 0.5) is 4.39 Å². The van der Waals surface area contributed by atoms with E-state index < -0.39 is 5.60 Å². The predicted molar refractivity (Wildman–Crippen MR) is 130 cm³/mol. The maximum Gasteiger partial charge on any atom is 0.222 e. The van der Waals surface area contributed by atoms with Crippen LogP contribution in [0.3, 0.4) is 0 Å². The fourth-order valence-corrected chi connectivity index (χ4v) is 4.49. The summed E-state index contributed by atoms with van der Waals surface area (Å²) in [5.74, 6) is 1.06. The minimum absolute atomic E-state index is 0.0166. The Kier molecular flexibility index (Phi) is 8.95. The highest BCUT2D eigenvalue weighted by atomic mass is 19.1. The third-order valence-corrected chi connectivity index (χ3v) is 6.34. The standard InChI is InChI=1S/C27H35FN2O5/c28-23-5-3-6-25(17-23)35-21-27(32)19-29(14-16-33-20-27)18-22-8-10-24(11-9-22)34-15-4-13-30-12-2-1-7-26(30)31/h3,5-6,8-11,17,32H,1-2,4,7,12-16,18-21H2/t27-/m1/s1. The Hall–Kier alpha value is -2.68.